The van der Waals surface area contributed by atoms with Crippen LogP contribution in [0.3, 0.4) is 0 Å². The maximum Gasteiger partial charge on any atom is 0.281 e. The van der Waals surface area contributed by atoms with E-state index in [4.69, 9.17) is 11.6 Å². The van der Waals surface area contributed by atoms with E-state index in [1.807, 2.05) is 79.9 Å². The number of halogens is 1. The Bertz CT molecular complexity index is 1320. The molecule has 164 valence electrons. The molecule has 4 aromatic rings. The molecule has 2 heterocycles. The van der Waals surface area contributed by atoms with Crippen molar-refractivity contribution >= 4 is 28.3 Å². The van der Waals surface area contributed by atoms with E-state index in [2.05, 4.69) is 10.4 Å². The van der Waals surface area contributed by atoms with E-state index in [9.17, 15) is 9.59 Å². The molecule has 1 atom stereocenters. The van der Waals surface area contributed by atoms with Gasteiger partial charge < -0.3 is 9.88 Å². The van der Waals surface area contributed by atoms with Gasteiger partial charge in [-0.3, -0.25) is 9.59 Å². The molecule has 0 spiro atoms. The normalized spacial score (nSPS) is 12.1. The van der Waals surface area contributed by atoms with E-state index < -0.39 is 6.04 Å². The van der Waals surface area contributed by atoms with Crippen LogP contribution in [0, 0.1) is 13.8 Å². The highest BCUT2D eigenvalue weighted by Crippen LogP contribution is 2.26. The molecule has 6 nitrogen and oxygen atoms in total. The van der Waals surface area contributed by atoms with Crippen LogP contribution in [-0.4, -0.2) is 26.8 Å². The van der Waals surface area contributed by atoms with E-state index >= 15 is 0 Å². The number of hydrogen-bond acceptors (Lipinski definition) is 3. The summed E-state index contributed by atoms with van der Waals surface area (Å²) in [6, 6.07) is 16.5. The number of carbonyl (C=O) groups excluding carboxylic acids is 1. The van der Waals surface area contributed by atoms with E-state index in [0.717, 1.165) is 22.3 Å². The molecular formula is C25H25ClN4O2. The Balaban J connectivity index is 1.59. The Morgan fingerprint density at radius 2 is 1.75 bits per heavy atom. The second kappa shape index (κ2) is 9.01. The molecule has 7 heteroatoms. The molecule has 0 bridgehead atoms. The lowest BCUT2D eigenvalue weighted by Crippen LogP contribution is -2.33. The van der Waals surface area contributed by atoms with Crippen LogP contribution in [0.1, 0.15) is 29.9 Å². The third-order valence-electron chi connectivity index (χ3n) is 5.85. The van der Waals surface area contributed by atoms with Crippen LogP contribution in [0.5, 0.6) is 0 Å². The number of nitrogens with one attached hydrogen (secondary N) is 1. The highest BCUT2D eigenvalue weighted by Gasteiger charge is 2.23. The first-order valence-corrected chi connectivity index (χ1v) is 10.9. The van der Waals surface area contributed by atoms with Crippen LogP contribution in [0.25, 0.3) is 16.5 Å². The standard InChI is InChI=1S/C25H25ClN4O2/c1-16-22-15-28-30(21-7-5-4-6-8-21)25(32)23(22)17(2)29(16)18(3)24(31)27-14-13-19-9-11-20(26)12-10-19/h4-12,15,18H,13-14H2,1-3H3,(H,27,31)/t18-/m0/s1. The molecule has 2 aromatic carbocycles. The zero-order chi connectivity index (χ0) is 22.8. The summed E-state index contributed by atoms with van der Waals surface area (Å²) in [7, 11) is 0. The number of benzene rings is 2. The summed E-state index contributed by atoms with van der Waals surface area (Å²) >= 11 is 5.92. The Morgan fingerprint density at radius 3 is 2.44 bits per heavy atom. The molecule has 0 aliphatic rings. The third-order valence-corrected chi connectivity index (χ3v) is 6.10. The lowest BCUT2D eigenvalue weighted by molar-refractivity contribution is -0.123. The molecule has 0 unspecified atom stereocenters. The van der Waals surface area contributed by atoms with E-state index in [0.29, 0.717) is 29.1 Å². The van der Waals surface area contributed by atoms with Gasteiger partial charge in [-0.25, -0.2) is 0 Å². The number of carbonyl (C=O) groups is 1. The van der Waals surface area contributed by atoms with Gasteiger partial charge in [-0.1, -0.05) is 41.9 Å². The largest absolute Gasteiger partial charge is 0.354 e. The van der Waals surface area contributed by atoms with E-state index in [-0.39, 0.29) is 11.5 Å². The Morgan fingerprint density at radius 1 is 1.06 bits per heavy atom. The fourth-order valence-corrected chi connectivity index (χ4v) is 4.29. The molecule has 0 fully saturated rings. The van der Waals surface area contributed by atoms with Crippen molar-refractivity contribution < 1.29 is 4.79 Å². The summed E-state index contributed by atoms with van der Waals surface area (Å²) in [6.45, 7) is 6.16. The molecule has 1 N–H and O–H groups in total. The minimum atomic E-state index is -0.461. The van der Waals surface area contributed by atoms with Crippen molar-refractivity contribution in [2.24, 2.45) is 0 Å². The summed E-state index contributed by atoms with van der Waals surface area (Å²) in [5, 5.41) is 9.41. The van der Waals surface area contributed by atoms with Gasteiger partial charge in [-0.15, -0.1) is 0 Å². The van der Waals surface area contributed by atoms with Gasteiger partial charge in [0.15, 0.2) is 0 Å². The van der Waals surface area contributed by atoms with Gasteiger partial charge in [0.25, 0.3) is 5.56 Å². The van der Waals surface area contributed by atoms with Crippen molar-refractivity contribution in [3.63, 3.8) is 0 Å². The molecule has 0 aliphatic heterocycles. The van der Waals surface area contributed by atoms with Gasteiger partial charge >= 0.3 is 0 Å². The fraction of sp³-hybridized carbons (Fsp3) is 0.240. The van der Waals surface area contributed by atoms with E-state index in [1.165, 1.54) is 4.68 Å². The highest BCUT2D eigenvalue weighted by molar-refractivity contribution is 6.30. The lowest BCUT2D eigenvalue weighted by Gasteiger charge is -2.18. The average Bonchev–Trinajstić information content (AvgIpc) is 3.06. The SMILES string of the molecule is Cc1c2cnn(-c3ccccc3)c(=O)c2c(C)n1[C@@H](C)C(=O)NCCc1ccc(Cl)cc1. The Hall–Kier alpha value is -3.38. The number of amides is 1. The molecule has 4 rings (SSSR count). The van der Waals surface area contributed by atoms with Crippen molar-refractivity contribution in [1.29, 1.82) is 0 Å². The number of nitrogens with zero attached hydrogens (tertiary/aromatic N) is 3. The van der Waals surface area contributed by atoms with Gasteiger partial charge in [0.2, 0.25) is 5.91 Å². The van der Waals surface area contributed by atoms with Crippen LogP contribution < -0.4 is 10.9 Å². The van der Waals surface area contributed by atoms with E-state index in [1.54, 1.807) is 6.20 Å². The van der Waals surface area contributed by atoms with Gasteiger partial charge in [0.05, 0.1) is 17.3 Å². The Kier molecular flexibility index (Phi) is 6.15. The average molecular weight is 449 g/mol. The summed E-state index contributed by atoms with van der Waals surface area (Å²) in [5.41, 5.74) is 3.23. The van der Waals surface area contributed by atoms with Gasteiger partial charge in [-0.2, -0.15) is 9.78 Å². The number of aryl methyl sites for hydroxylation is 2. The lowest BCUT2D eigenvalue weighted by atomic mass is 10.1. The highest BCUT2D eigenvalue weighted by atomic mass is 35.5. The summed E-state index contributed by atoms with van der Waals surface area (Å²) < 4.78 is 3.32. The smallest absolute Gasteiger partial charge is 0.281 e. The molecule has 2 aromatic heterocycles. The molecular weight excluding hydrogens is 424 g/mol. The minimum absolute atomic E-state index is 0.0955. The second-order valence-electron chi connectivity index (χ2n) is 7.87. The number of fused-ring (bicyclic) bond motifs is 1. The quantitative estimate of drug-likeness (QED) is 0.476. The van der Waals surface area contributed by atoms with Crippen LogP contribution in [-0.2, 0) is 11.2 Å². The monoisotopic (exact) mass is 448 g/mol. The van der Waals surface area contributed by atoms with Crippen molar-refractivity contribution in [2.75, 3.05) is 6.54 Å². The first kappa shape index (κ1) is 21.8. The van der Waals surface area contributed by atoms with Crippen molar-refractivity contribution in [2.45, 2.75) is 33.2 Å². The fourth-order valence-electron chi connectivity index (χ4n) is 4.16. The second-order valence-corrected chi connectivity index (χ2v) is 8.31. The maximum absolute atomic E-state index is 13.2. The summed E-state index contributed by atoms with van der Waals surface area (Å²) in [5.74, 6) is -0.0955. The summed E-state index contributed by atoms with van der Waals surface area (Å²) in [6.07, 6.45) is 2.42. The zero-order valence-corrected chi connectivity index (χ0v) is 19.1. The molecule has 0 aliphatic carbocycles. The van der Waals surface area contributed by atoms with Crippen molar-refractivity contribution in [3.05, 3.63) is 93.1 Å². The van der Waals surface area contributed by atoms with Gasteiger partial charge in [0.1, 0.15) is 6.04 Å². The molecule has 0 saturated heterocycles. The minimum Gasteiger partial charge on any atom is -0.354 e. The number of aromatic nitrogens is 3. The molecule has 32 heavy (non-hydrogen) atoms. The van der Waals surface area contributed by atoms with Crippen LogP contribution in [0.4, 0.5) is 0 Å². The molecule has 1 amide bonds. The van der Waals surface area contributed by atoms with Crippen LogP contribution in [0.15, 0.2) is 65.6 Å². The van der Waals surface area contributed by atoms with Crippen LogP contribution in [0.2, 0.25) is 5.02 Å². The third kappa shape index (κ3) is 4.06. The number of hydrogen-bond donors (Lipinski definition) is 1. The van der Waals surface area contributed by atoms with Gasteiger partial charge in [0, 0.05) is 28.3 Å². The molecule has 0 radical (unpaired) electrons. The molecule has 0 saturated carbocycles. The predicted molar refractivity (Wildman–Crippen MR) is 128 cm³/mol. The predicted octanol–water partition coefficient (Wildman–Crippen LogP) is 4.38. The zero-order valence-electron chi connectivity index (χ0n) is 18.3. The Labute approximate surface area is 191 Å². The van der Waals surface area contributed by atoms with Crippen molar-refractivity contribution in [1.82, 2.24) is 19.7 Å². The number of para-hydroxylation sites is 1. The van der Waals surface area contributed by atoms with Crippen molar-refractivity contribution in [3.8, 4) is 5.69 Å². The van der Waals surface area contributed by atoms with Crippen LogP contribution >= 0.6 is 11.6 Å². The maximum atomic E-state index is 13.2. The number of rotatable bonds is 6. The summed E-state index contributed by atoms with van der Waals surface area (Å²) in [4.78, 5) is 26.1. The topological polar surface area (TPSA) is 68.9 Å². The first-order chi connectivity index (χ1) is 15.4. The first-order valence-electron chi connectivity index (χ1n) is 10.6. The van der Waals surface area contributed by atoms with Gasteiger partial charge in [-0.05, 0) is 57.0 Å².